The predicted molar refractivity (Wildman–Crippen MR) is 177 cm³/mol. The number of hydrogen-bond donors (Lipinski definition) is 3. The Kier molecular flexibility index (Phi) is 5.91. The molecule has 1 amide bonds. The van der Waals surface area contributed by atoms with Gasteiger partial charge in [-0.1, -0.05) is 54.6 Å². The van der Waals surface area contributed by atoms with Crippen molar-refractivity contribution in [3.8, 4) is 22.4 Å². The number of likely N-dealkylation sites (tertiary alicyclic amines) is 1. The van der Waals surface area contributed by atoms with Crippen LogP contribution < -0.4 is 5.32 Å². The molecule has 2 saturated heterocycles. The van der Waals surface area contributed by atoms with E-state index >= 15 is 4.39 Å². The molecule has 3 N–H and O–H groups in total. The van der Waals surface area contributed by atoms with Crippen LogP contribution in [0.2, 0.25) is 0 Å². The molecule has 0 bridgehead atoms. The van der Waals surface area contributed by atoms with Gasteiger partial charge in [-0.3, -0.25) is 4.90 Å². The number of rotatable bonds is 6. The molecule has 4 aliphatic rings. The number of ether oxygens (including phenoxy) is 1. The Morgan fingerprint density at radius 3 is 2.62 bits per heavy atom. The molecule has 0 spiro atoms. The lowest BCUT2D eigenvalue weighted by Crippen LogP contribution is -2.34. The van der Waals surface area contributed by atoms with E-state index in [0.29, 0.717) is 23.2 Å². The lowest BCUT2D eigenvalue weighted by molar-refractivity contribution is 0.0833. The quantitative estimate of drug-likeness (QED) is 0.176. The van der Waals surface area contributed by atoms with E-state index in [2.05, 4.69) is 38.5 Å². The van der Waals surface area contributed by atoms with Crippen molar-refractivity contribution in [3.05, 3.63) is 108 Å². The first-order valence-corrected chi connectivity index (χ1v) is 16.6. The highest BCUT2D eigenvalue weighted by molar-refractivity contribution is 6.05. The summed E-state index contributed by atoms with van der Waals surface area (Å²) in [5.74, 6) is 2.66. The Hall–Kier alpha value is -5.02. The number of amides is 1. The van der Waals surface area contributed by atoms with E-state index < -0.39 is 0 Å². The van der Waals surface area contributed by atoms with Crippen LogP contribution >= 0.6 is 0 Å². The van der Waals surface area contributed by atoms with Gasteiger partial charge >= 0.3 is 6.09 Å². The predicted octanol–water partition coefficient (Wildman–Crippen LogP) is 7.81. The second-order valence-electron chi connectivity index (χ2n) is 13.7. The fraction of sp³-hybridized carbons (Fsp3) is 0.289. The number of nitrogens with zero attached hydrogens (tertiary/aromatic N) is 3. The van der Waals surface area contributed by atoms with Crippen molar-refractivity contribution in [2.75, 3.05) is 0 Å². The maximum atomic E-state index is 15.5. The maximum absolute atomic E-state index is 15.5. The highest BCUT2D eigenvalue weighted by Crippen LogP contribution is 2.53. The second kappa shape index (κ2) is 10.2. The zero-order valence-corrected chi connectivity index (χ0v) is 25.6. The smallest absolute Gasteiger partial charge is 0.410 e. The number of carbonyl (C=O) groups is 1. The highest BCUT2D eigenvalue weighted by atomic mass is 19.1. The minimum atomic E-state index is -0.285. The number of piperidine rings is 2. The number of benzene rings is 4. The van der Waals surface area contributed by atoms with Gasteiger partial charge in [0.05, 0.1) is 35.0 Å². The first kappa shape index (κ1) is 27.1. The molecule has 4 aromatic carbocycles. The van der Waals surface area contributed by atoms with E-state index in [1.165, 1.54) is 6.42 Å². The van der Waals surface area contributed by atoms with E-state index in [-0.39, 0.29) is 36.6 Å². The largest absolute Gasteiger partial charge is 0.445 e. The Morgan fingerprint density at radius 2 is 1.77 bits per heavy atom. The van der Waals surface area contributed by atoms with Crippen molar-refractivity contribution >= 4 is 27.9 Å². The monoisotopic (exact) mass is 624 g/mol. The molecule has 6 aromatic rings. The third-order valence-corrected chi connectivity index (χ3v) is 10.7. The zero-order chi connectivity index (χ0) is 31.2. The number of hydrogen-bond acceptors (Lipinski definition) is 5. The maximum Gasteiger partial charge on any atom is 0.410 e. The number of H-pyrrole nitrogens is 2. The summed E-state index contributed by atoms with van der Waals surface area (Å²) in [6.07, 6.45) is 5.71. The van der Waals surface area contributed by atoms with Crippen LogP contribution in [0.25, 0.3) is 44.2 Å². The van der Waals surface area contributed by atoms with Gasteiger partial charge < -0.3 is 20.0 Å². The molecule has 2 aliphatic heterocycles. The van der Waals surface area contributed by atoms with Gasteiger partial charge in [0, 0.05) is 23.0 Å². The average Bonchev–Trinajstić information content (AvgIpc) is 3.68. The average molecular weight is 625 g/mol. The first-order valence-electron chi connectivity index (χ1n) is 16.6. The molecule has 2 aliphatic carbocycles. The lowest BCUT2D eigenvalue weighted by atomic mass is 9.99. The summed E-state index contributed by atoms with van der Waals surface area (Å²) >= 11 is 0. The summed E-state index contributed by atoms with van der Waals surface area (Å²) in [7, 11) is 0. The minimum Gasteiger partial charge on any atom is -0.445 e. The van der Waals surface area contributed by atoms with Crippen LogP contribution in [0.1, 0.15) is 55.0 Å². The van der Waals surface area contributed by atoms with Gasteiger partial charge in [-0.15, -0.1) is 0 Å². The van der Waals surface area contributed by atoms with Gasteiger partial charge in [0.25, 0.3) is 0 Å². The number of carbonyl (C=O) groups excluding carboxylic acids is 1. The Labute approximate surface area is 270 Å². The zero-order valence-electron chi connectivity index (χ0n) is 25.6. The molecular formula is C38H33FN6O2. The summed E-state index contributed by atoms with van der Waals surface area (Å²) in [4.78, 5) is 31.6. The highest BCUT2D eigenvalue weighted by Gasteiger charge is 2.56. The molecule has 6 atom stereocenters. The molecule has 0 radical (unpaired) electrons. The second-order valence-corrected chi connectivity index (χ2v) is 13.7. The molecule has 8 nitrogen and oxygen atoms in total. The van der Waals surface area contributed by atoms with Crippen LogP contribution in [0.15, 0.2) is 85.1 Å². The van der Waals surface area contributed by atoms with Gasteiger partial charge in [-0.2, -0.15) is 0 Å². The number of halogens is 1. The Balaban J connectivity index is 0.901. The fourth-order valence-electron chi connectivity index (χ4n) is 8.01. The van der Waals surface area contributed by atoms with Crippen molar-refractivity contribution in [2.45, 2.75) is 56.5 Å². The third kappa shape index (κ3) is 4.63. The summed E-state index contributed by atoms with van der Waals surface area (Å²) in [6.45, 7) is 0.253. The number of nitrogens with one attached hydrogen (secondary N) is 3. The summed E-state index contributed by atoms with van der Waals surface area (Å²) < 4.78 is 21.2. The molecular weight excluding hydrogens is 591 g/mol. The van der Waals surface area contributed by atoms with E-state index in [0.717, 1.165) is 75.3 Å². The number of aromatic amines is 2. The van der Waals surface area contributed by atoms with Crippen molar-refractivity contribution in [1.29, 1.82) is 0 Å². The van der Waals surface area contributed by atoms with Crippen molar-refractivity contribution in [1.82, 2.24) is 30.2 Å². The molecule has 234 valence electrons. The van der Waals surface area contributed by atoms with Crippen LogP contribution in [-0.4, -0.2) is 43.0 Å². The Bertz CT molecular complexity index is 2180. The Morgan fingerprint density at radius 1 is 0.894 bits per heavy atom. The summed E-state index contributed by atoms with van der Waals surface area (Å²) in [5.41, 5.74) is 5.72. The SMILES string of the molecule is O=C(OCc1ccccc1)N1C2C[C@@H]2C[C@H]1c1nc2c(ccc3cc(-c4ccc(-c5cnc([C@@H]6CC7C[C@H]7N6)[nH]5)c(F)c4)ccc32)[nH]1. The van der Waals surface area contributed by atoms with Gasteiger partial charge in [0.15, 0.2) is 0 Å². The van der Waals surface area contributed by atoms with E-state index in [9.17, 15) is 4.79 Å². The molecule has 4 heterocycles. The summed E-state index contributed by atoms with van der Waals surface area (Å²) in [6, 6.07) is 26.4. The summed E-state index contributed by atoms with van der Waals surface area (Å²) in [5, 5.41) is 5.63. The molecule has 4 fully saturated rings. The minimum absolute atomic E-state index is 0.142. The normalized spacial score (nSPS) is 25.7. The van der Waals surface area contributed by atoms with Crippen LogP contribution in [0.4, 0.5) is 9.18 Å². The number of fused-ring (bicyclic) bond motifs is 5. The molecule has 2 saturated carbocycles. The van der Waals surface area contributed by atoms with Crippen LogP contribution in [0, 0.1) is 17.7 Å². The number of aromatic nitrogens is 4. The molecule has 47 heavy (non-hydrogen) atoms. The van der Waals surface area contributed by atoms with Crippen molar-refractivity contribution < 1.29 is 13.9 Å². The van der Waals surface area contributed by atoms with Gasteiger partial charge in [0.1, 0.15) is 24.1 Å². The first-order chi connectivity index (χ1) is 23.1. The van der Waals surface area contributed by atoms with E-state index in [1.54, 1.807) is 12.3 Å². The topological polar surface area (TPSA) is 98.9 Å². The van der Waals surface area contributed by atoms with Gasteiger partial charge in [0.2, 0.25) is 0 Å². The lowest BCUT2D eigenvalue weighted by Gasteiger charge is -2.25. The molecule has 2 unspecified atom stereocenters. The van der Waals surface area contributed by atoms with Gasteiger partial charge in [-0.05, 0) is 83.9 Å². The van der Waals surface area contributed by atoms with Crippen LogP contribution in [-0.2, 0) is 11.3 Å². The molecule has 2 aromatic heterocycles. The third-order valence-electron chi connectivity index (χ3n) is 10.7. The number of imidazole rings is 2. The van der Waals surface area contributed by atoms with Crippen LogP contribution in [0.3, 0.4) is 0 Å². The van der Waals surface area contributed by atoms with Crippen molar-refractivity contribution in [3.63, 3.8) is 0 Å². The van der Waals surface area contributed by atoms with Crippen LogP contribution in [0.5, 0.6) is 0 Å². The standard InChI is InChI=1S/C38H33FN6O2/c39-28-13-22(7-10-27(28)32-18-40-36(43-32)31-15-24-14-30(24)41-31)21-6-9-26-23(12-21)8-11-29-35(26)44-37(42-29)34-17-25-16-33(25)45(34)38(46)47-19-20-4-2-1-3-5-20/h1-13,18,24-25,30-31,33-34,41H,14-17,19H2,(H,40,43)(H,42,44)/t24?,25-,30-,31+,33?,34+/m1/s1. The van der Waals surface area contributed by atoms with E-state index in [4.69, 9.17) is 9.72 Å². The van der Waals surface area contributed by atoms with E-state index in [1.807, 2.05) is 59.5 Å². The molecule has 10 rings (SSSR count). The van der Waals surface area contributed by atoms with Gasteiger partial charge in [-0.25, -0.2) is 19.2 Å². The van der Waals surface area contributed by atoms with Crippen molar-refractivity contribution in [2.24, 2.45) is 11.8 Å². The molecule has 9 heteroatoms. The fourth-order valence-corrected chi connectivity index (χ4v) is 8.01.